The van der Waals surface area contributed by atoms with Gasteiger partial charge in [-0.05, 0) is 43.5 Å². The summed E-state index contributed by atoms with van der Waals surface area (Å²) in [6.07, 6.45) is 3.92. The molecule has 0 spiro atoms. The Morgan fingerprint density at radius 1 is 1.30 bits per heavy atom. The van der Waals surface area contributed by atoms with Gasteiger partial charge in [0.05, 0.1) is 6.10 Å². The van der Waals surface area contributed by atoms with Crippen LogP contribution >= 0.6 is 23.4 Å². The fourth-order valence-corrected chi connectivity index (χ4v) is 3.14. The van der Waals surface area contributed by atoms with E-state index >= 15 is 0 Å². The summed E-state index contributed by atoms with van der Waals surface area (Å²) in [5, 5.41) is 8.69. The maximum atomic E-state index is 5.88. The monoisotopic (exact) mass is 309 g/mol. The predicted molar refractivity (Wildman–Crippen MR) is 81.1 cm³/mol. The Morgan fingerprint density at radius 3 is 2.90 bits per heavy atom. The SMILES string of the molecule is Clc1ccc(-c2nc(SC[C@@H]3CCCCO3)n[nH]2)cc1. The molecule has 1 aromatic heterocycles. The number of halogens is 1. The van der Waals surface area contributed by atoms with E-state index in [0.29, 0.717) is 6.10 Å². The lowest BCUT2D eigenvalue weighted by molar-refractivity contribution is 0.0315. The molecule has 3 rings (SSSR count). The Balaban J connectivity index is 1.60. The molecule has 1 atom stereocenters. The smallest absolute Gasteiger partial charge is 0.208 e. The van der Waals surface area contributed by atoms with Gasteiger partial charge in [0.25, 0.3) is 0 Å². The zero-order valence-electron chi connectivity index (χ0n) is 11.0. The summed E-state index contributed by atoms with van der Waals surface area (Å²) < 4.78 is 5.70. The van der Waals surface area contributed by atoms with Crippen molar-refractivity contribution in [3.63, 3.8) is 0 Å². The first-order valence-electron chi connectivity index (χ1n) is 6.74. The fraction of sp³-hybridized carbons (Fsp3) is 0.429. The lowest BCUT2D eigenvalue weighted by Crippen LogP contribution is -2.21. The third-order valence-electron chi connectivity index (χ3n) is 3.25. The van der Waals surface area contributed by atoms with E-state index in [9.17, 15) is 0 Å². The van der Waals surface area contributed by atoms with E-state index in [1.165, 1.54) is 12.8 Å². The highest BCUT2D eigenvalue weighted by atomic mass is 35.5. The molecule has 6 heteroatoms. The van der Waals surface area contributed by atoms with Crippen molar-refractivity contribution in [3.8, 4) is 11.4 Å². The van der Waals surface area contributed by atoms with Crippen molar-refractivity contribution in [1.29, 1.82) is 0 Å². The molecule has 0 aliphatic carbocycles. The highest BCUT2D eigenvalue weighted by Crippen LogP contribution is 2.23. The molecule has 0 amide bonds. The topological polar surface area (TPSA) is 50.8 Å². The first-order chi connectivity index (χ1) is 9.81. The van der Waals surface area contributed by atoms with E-state index in [4.69, 9.17) is 16.3 Å². The highest BCUT2D eigenvalue weighted by Gasteiger charge is 2.15. The summed E-state index contributed by atoms with van der Waals surface area (Å²) in [5.41, 5.74) is 0.989. The number of H-pyrrole nitrogens is 1. The molecular weight excluding hydrogens is 294 g/mol. The van der Waals surface area contributed by atoms with Crippen molar-refractivity contribution >= 4 is 23.4 Å². The number of hydrogen-bond acceptors (Lipinski definition) is 4. The van der Waals surface area contributed by atoms with Crippen LogP contribution in [-0.4, -0.2) is 33.6 Å². The van der Waals surface area contributed by atoms with Crippen molar-refractivity contribution < 1.29 is 4.74 Å². The lowest BCUT2D eigenvalue weighted by atomic mass is 10.1. The maximum absolute atomic E-state index is 5.88. The zero-order valence-corrected chi connectivity index (χ0v) is 12.6. The molecule has 20 heavy (non-hydrogen) atoms. The average Bonchev–Trinajstić information content (AvgIpc) is 2.96. The van der Waals surface area contributed by atoms with Gasteiger partial charge in [-0.1, -0.05) is 23.4 Å². The second-order valence-corrected chi connectivity index (χ2v) is 6.20. The number of benzene rings is 1. The zero-order chi connectivity index (χ0) is 13.8. The lowest BCUT2D eigenvalue weighted by Gasteiger charge is -2.21. The summed E-state index contributed by atoms with van der Waals surface area (Å²) in [4.78, 5) is 4.49. The number of hydrogen-bond donors (Lipinski definition) is 1. The van der Waals surface area contributed by atoms with Gasteiger partial charge in [-0.25, -0.2) is 4.98 Å². The molecule has 2 heterocycles. The van der Waals surface area contributed by atoms with Gasteiger partial charge in [-0.15, -0.1) is 5.10 Å². The van der Waals surface area contributed by atoms with Gasteiger partial charge in [0.1, 0.15) is 0 Å². The molecule has 0 bridgehead atoms. The standard InChI is InChI=1S/C14H16ClN3OS/c15-11-6-4-10(5-7-11)13-16-14(18-17-13)20-9-12-3-1-2-8-19-12/h4-7,12H,1-3,8-9H2,(H,16,17,18)/t12-/m0/s1. The molecule has 0 radical (unpaired) electrons. The van der Waals surface area contributed by atoms with Crippen molar-refractivity contribution in [2.75, 3.05) is 12.4 Å². The van der Waals surface area contributed by atoms with Gasteiger partial charge in [0.2, 0.25) is 5.16 Å². The van der Waals surface area contributed by atoms with Crippen LogP contribution in [0.2, 0.25) is 5.02 Å². The second kappa shape index (κ2) is 6.61. The van der Waals surface area contributed by atoms with Crippen LogP contribution in [0.25, 0.3) is 11.4 Å². The molecule has 1 N–H and O–H groups in total. The number of thioether (sulfide) groups is 1. The molecule has 4 nitrogen and oxygen atoms in total. The van der Waals surface area contributed by atoms with E-state index in [-0.39, 0.29) is 0 Å². The summed E-state index contributed by atoms with van der Waals surface area (Å²) in [5.74, 6) is 1.69. The molecule has 2 aromatic rings. The van der Waals surface area contributed by atoms with E-state index in [2.05, 4.69) is 15.2 Å². The van der Waals surface area contributed by atoms with Gasteiger partial charge in [0, 0.05) is 22.9 Å². The number of nitrogens with one attached hydrogen (secondary N) is 1. The Kier molecular flexibility index (Phi) is 4.60. The summed E-state index contributed by atoms with van der Waals surface area (Å²) in [6, 6.07) is 7.56. The Labute approximate surface area is 127 Å². The molecule has 1 aliphatic heterocycles. The molecule has 1 fully saturated rings. The van der Waals surface area contributed by atoms with Crippen LogP contribution < -0.4 is 0 Å². The number of nitrogens with zero attached hydrogens (tertiary/aromatic N) is 2. The third-order valence-corrected chi connectivity index (χ3v) is 4.49. The van der Waals surface area contributed by atoms with Gasteiger partial charge in [0.15, 0.2) is 5.82 Å². The quantitative estimate of drug-likeness (QED) is 0.873. The number of aromatic nitrogens is 3. The minimum Gasteiger partial charge on any atom is -0.377 e. The average molecular weight is 310 g/mol. The third kappa shape index (κ3) is 3.53. The van der Waals surface area contributed by atoms with Crippen LogP contribution in [0, 0.1) is 0 Å². The Bertz CT molecular complexity index is 552. The Morgan fingerprint density at radius 2 is 2.15 bits per heavy atom. The van der Waals surface area contributed by atoms with E-state index in [1.807, 2.05) is 24.3 Å². The van der Waals surface area contributed by atoms with E-state index in [0.717, 1.165) is 40.3 Å². The molecule has 1 aliphatic rings. The van der Waals surface area contributed by atoms with Crippen LogP contribution in [0.1, 0.15) is 19.3 Å². The minimum absolute atomic E-state index is 0.339. The molecule has 106 valence electrons. The highest BCUT2D eigenvalue weighted by molar-refractivity contribution is 7.99. The first-order valence-corrected chi connectivity index (χ1v) is 8.10. The van der Waals surface area contributed by atoms with Gasteiger partial charge in [-0.3, -0.25) is 5.10 Å². The number of aromatic amines is 1. The summed E-state index contributed by atoms with van der Waals surface area (Å²) in [7, 11) is 0. The number of ether oxygens (including phenoxy) is 1. The fourth-order valence-electron chi connectivity index (χ4n) is 2.15. The summed E-state index contributed by atoms with van der Waals surface area (Å²) in [6.45, 7) is 0.884. The van der Waals surface area contributed by atoms with Crippen molar-refractivity contribution in [2.45, 2.75) is 30.5 Å². The van der Waals surface area contributed by atoms with Crippen molar-refractivity contribution in [1.82, 2.24) is 15.2 Å². The predicted octanol–water partition coefficient (Wildman–Crippen LogP) is 3.79. The van der Waals surface area contributed by atoms with Gasteiger partial charge >= 0.3 is 0 Å². The van der Waals surface area contributed by atoms with Crippen molar-refractivity contribution in [2.24, 2.45) is 0 Å². The molecule has 1 saturated heterocycles. The van der Waals surface area contributed by atoms with E-state index < -0.39 is 0 Å². The first kappa shape index (κ1) is 13.9. The van der Waals surface area contributed by atoms with Crippen LogP contribution in [0.3, 0.4) is 0 Å². The van der Waals surface area contributed by atoms with Crippen LogP contribution in [0.15, 0.2) is 29.4 Å². The van der Waals surface area contributed by atoms with Crippen LogP contribution in [-0.2, 0) is 4.74 Å². The van der Waals surface area contributed by atoms with Crippen LogP contribution in [0.4, 0.5) is 0 Å². The Hall–Kier alpha value is -1.04. The molecule has 1 aromatic carbocycles. The summed E-state index contributed by atoms with van der Waals surface area (Å²) >= 11 is 7.52. The van der Waals surface area contributed by atoms with Crippen LogP contribution in [0.5, 0.6) is 0 Å². The second-order valence-electron chi connectivity index (χ2n) is 4.77. The normalized spacial score (nSPS) is 19.1. The van der Waals surface area contributed by atoms with E-state index in [1.54, 1.807) is 11.8 Å². The molecule has 0 unspecified atom stereocenters. The largest absolute Gasteiger partial charge is 0.377 e. The van der Waals surface area contributed by atoms with Gasteiger partial charge in [-0.2, -0.15) is 0 Å². The number of rotatable bonds is 4. The molecular formula is C14H16ClN3OS. The maximum Gasteiger partial charge on any atom is 0.208 e. The van der Waals surface area contributed by atoms with Crippen molar-refractivity contribution in [3.05, 3.63) is 29.3 Å². The minimum atomic E-state index is 0.339. The molecule has 0 saturated carbocycles. The van der Waals surface area contributed by atoms with Gasteiger partial charge < -0.3 is 4.74 Å².